The highest BCUT2D eigenvalue weighted by atomic mass is 32.2. The molecule has 0 aliphatic carbocycles. The Balaban J connectivity index is 4.15. The lowest BCUT2D eigenvalue weighted by molar-refractivity contribution is 0.129. The van der Waals surface area contributed by atoms with Crippen LogP contribution in [0.5, 0.6) is 0 Å². The fourth-order valence-electron chi connectivity index (χ4n) is 0.780. The summed E-state index contributed by atoms with van der Waals surface area (Å²) < 4.78 is 0. The van der Waals surface area contributed by atoms with Crippen LogP contribution in [0.2, 0.25) is 0 Å². The SMILES string of the molecule is CCCCS/C(=C\C#N)C(C)(C)O. The summed E-state index contributed by atoms with van der Waals surface area (Å²) in [6.45, 7) is 5.53. The van der Waals surface area contributed by atoms with E-state index in [0.717, 1.165) is 23.5 Å². The Labute approximate surface area is 84.6 Å². The standard InChI is InChI=1S/C10H17NOS/c1-4-5-8-13-9(6-7-11)10(2,3)12/h6,12H,4-5,8H2,1-3H3/b9-6-. The van der Waals surface area contributed by atoms with Crippen molar-refractivity contribution in [1.82, 2.24) is 0 Å². The highest BCUT2D eigenvalue weighted by Crippen LogP contribution is 2.28. The summed E-state index contributed by atoms with van der Waals surface area (Å²) in [5.41, 5.74) is -0.881. The second-order valence-electron chi connectivity index (χ2n) is 3.40. The van der Waals surface area contributed by atoms with E-state index in [1.165, 1.54) is 6.08 Å². The molecule has 2 nitrogen and oxygen atoms in total. The zero-order valence-electron chi connectivity index (χ0n) is 8.50. The van der Waals surface area contributed by atoms with Crippen LogP contribution in [0, 0.1) is 11.3 Å². The van der Waals surface area contributed by atoms with E-state index >= 15 is 0 Å². The van der Waals surface area contributed by atoms with E-state index in [-0.39, 0.29) is 0 Å². The van der Waals surface area contributed by atoms with Gasteiger partial charge < -0.3 is 5.11 Å². The van der Waals surface area contributed by atoms with Crippen molar-refractivity contribution in [2.45, 2.75) is 39.2 Å². The van der Waals surface area contributed by atoms with Gasteiger partial charge in [-0.1, -0.05) is 13.3 Å². The Morgan fingerprint density at radius 1 is 1.62 bits per heavy atom. The molecule has 13 heavy (non-hydrogen) atoms. The minimum atomic E-state index is -0.881. The molecule has 0 bridgehead atoms. The molecule has 0 heterocycles. The first-order chi connectivity index (χ1) is 6.02. The molecule has 0 aromatic rings. The minimum absolute atomic E-state index is 0.753. The molecule has 0 aromatic heterocycles. The number of rotatable bonds is 5. The molecule has 0 atom stereocenters. The van der Waals surface area contributed by atoms with Gasteiger partial charge in [-0.2, -0.15) is 5.26 Å². The zero-order chi connectivity index (χ0) is 10.3. The number of nitriles is 1. The molecule has 0 rings (SSSR count). The lowest BCUT2D eigenvalue weighted by Crippen LogP contribution is -2.20. The van der Waals surface area contributed by atoms with Crippen molar-refractivity contribution in [3.8, 4) is 6.07 Å². The first-order valence-corrected chi connectivity index (χ1v) is 5.46. The predicted octanol–water partition coefficient (Wildman–Crippen LogP) is 2.70. The van der Waals surface area contributed by atoms with E-state index in [4.69, 9.17) is 5.26 Å². The average molecular weight is 199 g/mol. The fourth-order valence-corrected chi connectivity index (χ4v) is 1.92. The first kappa shape index (κ1) is 12.5. The second-order valence-corrected chi connectivity index (χ2v) is 4.54. The summed E-state index contributed by atoms with van der Waals surface area (Å²) in [6.07, 6.45) is 3.68. The van der Waals surface area contributed by atoms with E-state index in [1.807, 2.05) is 6.07 Å². The summed E-state index contributed by atoms with van der Waals surface area (Å²) in [5.74, 6) is 0.966. The van der Waals surface area contributed by atoms with Crippen molar-refractivity contribution in [2.24, 2.45) is 0 Å². The number of thioether (sulfide) groups is 1. The van der Waals surface area contributed by atoms with Crippen LogP contribution in [0.4, 0.5) is 0 Å². The summed E-state index contributed by atoms with van der Waals surface area (Å²) in [5, 5.41) is 18.2. The Kier molecular flexibility index (Phi) is 5.85. The highest BCUT2D eigenvalue weighted by Gasteiger charge is 2.19. The van der Waals surface area contributed by atoms with Crippen LogP contribution in [0.15, 0.2) is 11.0 Å². The molecule has 0 aromatic carbocycles. The largest absolute Gasteiger partial charge is 0.385 e. The molecule has 0 saturated heterocycles. The number of unbranched alkanes of at least 4 members (excludes halogenated alkanes) is 1. The van der Waals surface area contributed by atoms with Gasteiger partial charge in [0.05, 0.1) is 11.7 Å². The molecule has 0 saturated carbocycles. The molecule has 0 amide bonds. The minimum Gasteiger partial charge on any atom is -0.385 e. The van der Waals surface area contributed by atoms with Crippen LogP contribution in [-0.4, -0.2) is 16.5 Å². The van der Waals surface area contributed by atoms with Crippen molar-refractivity contribution < 1.29 is 5.11 Å². The maximum atomic E-state index is 9.67. The van der Waals surface area contributed by atoms with Crippen molar-refractivity contribution in [3.05, 3.63) is 11.0 Å². The van der Waals surface area contributed by atoms with E-state index in [2.05, 4.69) is 6.92 Å². The van der Waals surface area contributed by atoms with Gasteiger partial charge in [0, 0.05) is 11.0 Å². The maximum Gasteiger partial charge on any atom is 0.0921 e. The fraction of sp³-hybridized carbons (Fsp3) is 0.700. The van der Waals surface area contributed by atoms with Gasteiger partial charge in [-0.15, -0.1) is 11.8 Å². The van der Waals surface area contributed by atoms with E-state index in [0.29, 0.717) is 0 Å². The average Bonchev–Trinajstić information content (AvgIpc) is 2.01. The predicted molar refractivity (Wildman–Crippen MR) is 57.4 cm³/mol. The Morgan fingerprint density at radius 3 is 2.62 bits per heavy atom. The number of nitrogens with zero attached hydrogens (tertiary/aromatic N) is 1. The Bertz CT molecular complexity index is 210. The smallest absolute Gasteiger partial charge is 0.0921 e. The molecule has 0 unspecified atom stereocenters. The third-order valence-electron chi connectivity index (χ3n) is 1.55. The van der Waals surface area contributed by atoms with Crippen LogP contribution < -0.4 is 0 Å². The van der Waals surface area contributed by atoms with Gasteiger partial charge >= 0.3 is 0 Å². The molecule has 74 valence electrons. The number of hydrogen-bond donors (Lipinski definition) is 1. The van der Waals surface area contributed by atoms with Crippen molar-refractivity contribution >= 4 is 11.8 Å². The van der Waals surface area contributed by atoms with E-state index in [9.17, 15) is 5.11 Å². The molecule has 0 aliphatic heterocycles. The third kappa shape index (κ3) is 5.73. The van der Waals surface area contributed by atoms with Gasteiger partial charge in [0.2, 0.25) is 0 Å². The molecular weight excluding hydrogens is 182 g/mol. The molecule has 3 heteroatoms. The molecule has 1 N–H and O–H groups in total. The monoisotopic (exact) mass is 199 g/mol. The van der Waals surface area contributed by atoms with Crippen molar-refractivity contribution in [2.75, 3.05) is 5.75 Å². The van der Waals surface area contributed by atoms with Gasteiger partial charge in [-0.3, -0.25) is 0 Å². The zero-order valence-corrected chi connectivity index (χ0v) is 9.32. The topological polar surface area (TPSA) is 44.0 Å². The van der Waals surface area contributed by atoms with Crippen molar-refractivity contribution in [3.63, 3.8) is 0 Å². The summed E-state index contributed by atoms with van der Waals surface area (Å²) >= 11 is 1.57. The Hall–Kier alpha value is -0.460. The van der Waals surface area contributed by atoms with Crippen LogP contribution >= 0.6 is 11.8 Å². The summed E-state index contributed by atoms with van der Waals surface area (Å²) in [7, 11) is 0. The molecule has 0 spiro atoms. The Morgan fingerprint density at radius 2 is 2.23 bits per heavy atom. The quantitative estimate of drug-likeness (QED) is 0.547. The molecular formula is C10H17NOS. The summed E-state index contributed by atoms with van der Waals surface area (Å²) in [6, 6.07) is 1.96. The van der Waals surface area contributed by atoms with E-state index in [1.54, 1.807) is 25.6 Å². The lowest BCUT2D eigenvalue weighted by Gasteiger charge is -2.19. The molecule has 0 aliphatic rings. The van der Waals surface area contributed by atoms with Crippen LogP contribution in [-0.2, 0) is 0 Å². The van der Waals surface area contributed by atoms with Gasteiger partial charge in [0.1, 0.15) is 0 Å². The molecule has 0 radical (unpaired) electrons. The van der Waals surface area contributed by atoms with Crippen molar-refractivity contribution in [1.29, 1.82) is 5.26 Å². The molecule has 0 fully saturated rings. The first-order valence-electron chi connectivity index (χ1n) is 4.47. The van der Waals surface area contributed by atoms with Gasteiger partial charge in [0.25, 0.3) is 0 Å². The van der Waals surface area contributed by atoms with E-state index < -0.39 is 5.60 Å². The normalized spacial score (nSPS) is 12.7. The lowest BCUT2D eigenvalue weighted by atomic mass is 10.1. The number of allylic oxidation sites excluding steroid dienone is 1. The maximum absolute atomic E-state index is 9.67. The van der Waals surface area contributed by atoms with Gasteiger partial charge in [0.15, 0.2) is 0 Å². The second kappa shape index (κ2) is 6.06. The van der Waals surface area contributed by atoms with Gasteiger partial charge in [-0.25, -0.2) is 0 Å². The summed E-state index contributed by atoms with van der Waals surface area (Å²) in [4.78, 5) is 0.753. The number of aliphatic hydroxyl groups is 1. The van der Waals surface area contributed by atoms with Crippen LogP contribution in [0.25, 0.3) is 0 Å². The van der Waals surface area contributed by atoms with Gasteiger partial charge in [-0.05, 0) is 26.0 Å². The number of hydrogen-bond acceptors (Lipinski definition) is 3. The van der Waals surface area contributed by atoms with Crippen LogP contribution in [0.3, 0.4) is 0 Å². The third-order valence-corrected chi connectivity index (χ3v) is 2.98. The van der Waals surface area contributed by atoms with Crippen LogP contribution in [0.1, 0.15) is 33.6 Å². The highest BCUT2D eigenvalue weighted by molar-refractivity contribution is 8.03.